The topological polar surface area (TPSA) is 120 Å². The van der Waals surface area contributed by atoms with Crippen molar-refractivity contribution >= 4 is 11.9 Å². The molecule has 1 aromatic rings. The van der Waals surface area contributed by atoms with E-state index in [9.17, 15) is 24.9 Å². The minimum atomic E-state index is -1.68. The number of carboxylic acid groups (broad SMARTS) is 2. The number of hydrogen-bond donors (Lipinski definition) is 3. The van der Waals surface area contributed by atoms with Crippen molar-refractivity contribution in [1.29, 1.82) is 0 Å². The highest BCUT2D eigenvalue weighted by Gasteiger charge is 2.63. The summed E-state index contributed by atoms with van der Waals surface area (Å²) in [6.07, 6.45) is 3.40. The molecular formula is C42H72N2O7. The van der Waals surface area contributed by atoms with Gasteiger partial charge >= 0.3 is 11.9 Å². The molecule has 2 fully saturated rings. The molecule has 2 atom stereocenters. The van der Waals surface area contributed by atoms with Crippen molar-refractivity contribution in [2.45, 2.75) is 175 Å². The molecule has 0 bridgehead atoms. The molecule has 2 saturated heterocycles. The predicted molar refractivity (Wildman–Crippen MR) is 204 cm³/mol. The Hall–Kier alpha value is -2.20. The second kappa shape index (κ2) is 14.2. The molecule has 3 N–H and O–H groups in total. The predicted octanol–water partition coefficient (Wildman–Crippen LogP) is 8.99. The molecule has 9 heteroatoms. The highest BCUT2D eigenvalue weighted by Crippen LogP contribution is 2.61. The van der Waals surface area contributed by atoms with Gasteiger partial charge in [0.1, 0.15) is 5.75 Å². The average Bonchev–Trinajstić information content (AvgIpc) is 2.90. The van der Waals surface area contributed by atoms with E-state index in [4.69, 9.17) is 9.68 Å². The summed E-state index contributed by atoms with van der Waals surface area (Å²) in [7, 11) is 3.38. The van der Waals surface area contributed by atoms with Crippen LogP contribution in [-0.2, 0) is 36.5 Å². The number of hydrogen-bond acceptors (Lipinski definition) is 7. The third-order valence-electron chi connectivity index (χ3n) is 12.4. The van der Waals surface area contributed by atoms with Gasteiger partial charge in [-0.1, -0.05) is 67.0 Å². The zero-order chi connectivity index (χ0) is 39.5. The van der Waals surface area contributed by atoms with Gasteiger partial charge in [-0.2, -0.15) is 10.1 Å². The van der Waals surface area contributed by atoms with E-state index in [2.05, 4.69) is 109 Å². The SMILES string of the molecule is CCC(C1CC(C)(C)N(OC)C(C)(C)C1)C(Cc1cc(C(C)(C)C)c(O)c(C(C)(C)C)c1)(C1CC(C)(C)N(OC)C(C)(C)C1)C(C(=O)O)C(=O)O. The summed E-state index contributed by atoms with van der Waals surface area (Å²) < 4.78 is 0. The standard InChI is InChI=1S/C42H72N2O7/c1-18-29(27-22-38(8,9)43(50-16)39(10,11)23-27)42(32(34(46)47)35(48)49,28-24-40(12,13)44(51-17)41(14,15)25-28)21-26-19-30(36(2,3)4)33(45)31(20-26)37(5,6)7/h19-20,27-29,32,45H,18,21-25H2,1-17H3,(H,46,47)(H,48,49). The summed E-state index contributed by atoms with van der Waals surface area (Å²) in [5.41, 5.74) is -1.45. The molecule has 2 unspecified atom stereocenters. The molecule has 3 rings (SSSR count). The van der Waals surface area contributed by atoms with E-state index < -0.39 is 56.3 Å². The van der Waals surface area contributed by atoms with Crippen LogP contribution in [0.3, 0.4) is 0 Å². The fourth-order valence-corrected chi connectivity index (χ4v) is 11.4. The molecule has 0 aromatic heterocycles. The Labute approximate surface area is 309 Å². The van der Waals surface area contributed by atoms with Gasteiger partial charge in [-0.25, -0.2) is 0 Å². The largest absolute Gasteiger partial charge is 0.507 e. The molecule has 0 radical (unpaired) electrons. The Morgan fingerprint density at radius 3 is 1.39 bits per heavy atom. The first-order valence-corrected chi connectivity index (χ1v) is 19.0. The lowest BCUT2D eigenvalue weighted by molar-refractivity contribution is -0.290. The third-order valence-corrected chi connectivity index (χ3v) is 12.4. The maximum absolute atomic E-state index is 13.7. The number of phenolic OH excluding ortho intramolecular Hbond substituents is 1. The Bertz CT molecular complexity index is 1350. The highest BCUT2D eigenvalue weighted by atomic mass is 16.7. The maximum Gasteiger partial charge on any atom is 0.318 e. The number of piperidine rings is 2. The highest BCUT2D eigenvalue weighted by molar-refractivity contribution is 5.94. The van der Waals surface area contributed by atoms with Crippen LogP contribution < -0.4 is 0 Å². The summed E-state index contributed by atoms with van der Waals surface area (Å²) in [6.45, 7) is 31.6. The number of phenols is 1. The second-order valence-corrected chi connectivity index (χ2v) is 20.4. The first-order chi connectivity index (χ1) is 22.9. The van der Waals surface area contributed by atoms with Crippen LogP contribution in [0.2, 0.25) is 0 Å². The van der Waals surface area contributed by atoms with Gasteiger partial charge in [-0.15, -0.1) is 0 Å². The Balaban J connectivity index is 2.56. The fourth-order valence-electron chi connectivity index (χ4n) is 11.4. The van der Waals surface area contributed by atoms with Crippen LogP contribution in [-0.4, -0.2) is 73.8 Å². The number of carboxylic acids is 2. The number of benzene rings is 1. The minimum Gasteiger partial charge on any atom is -0.507 e. The molecule has 1 aromatic carbocycles. The Morgan fingerprint density at radius 2 is 1.10 bits per heavy atom. The number of rotatable bonds is 11. The van der Waals surface area contributed by atoms with Crippen LogP contribution in [0.4, 0.5) is 0 Å². The summed E-state index contributed by atoms with van der Waals surface area (Å²) in [6, 6.07) is 4.05. The van der Waals surface area contributed by atoms with Crippen LogP contribution in [0.15, 0.2) is 12.1 Å². The number of aromatic hydroxyl groups is 1. The fraction of sp³-hybridized carbons (Fsp3) is 0.810. The molecule has 51 heavy (non-hydrogen) atoms. The van der Waals surface area contributed by atoms with Crippen LogP contribution in [0.25, 0.3) is 0 Å². The smallest absolute Gasteiger partial charge is 0.318 e. The zero-order valence-electron chi connectivity index (χ0n) is 35.1. The van der Waals surface area contributed by atoms with Gasteiger partial charge in [0.25, 0.3) is 0 Å². The van der Waals surface area contributed by atoms with Crippen LogP contribution >= 0.6 is 0 Å². The summed E-state index contributed by atoms with van der Waals surface area (Å²) in [5.74, 6) is -4.61. The molecule has 2 aliphatic rings. The summed E-state index contributed by atoms with van der Waals surface area (Å²) in [5, 5.41) is 38.2. The second-order valence-electron chi connectivity index (χ2n) is 20.4. The van der Waals surface area contributed by atoms with E-state index in [0.29, 0.717) is 19.3 Å². The van der Waals surface area contributed by atoms with E-state index in [1.807, 2.05) is 17.2 Å². The van der Waals surface area contributed by atoms with Gasteiger partial charge in [0.05, 0.1) is 14.2 Å². The van der Waals surface area contributed by atoms with Gasteiger partial charge in [-0.05, 0) is 133 Å². The molecule has 2 heterocycles. The molecule has 0 amide bonds. The van der Waals surface area contributed by atoms with Crippen molar-refractivity contribution < 1.29 is 34.6 Å². The van der Waals surface area contributed by atoms with Crippen molar-refractivity contribution in [2.24, 2.45) is 29.1 Å². The lowest BCUT2D eigenvalue weighted by atomic mass is 9.47. The number of carbonyl (C=O) groups is 2. The van der Waals surface area contributed by atoms with Gasteiger partial charge in [0, 0.05) is 27.6 Å². The van der Waals surface area contributed by atoms with Gasteiger partial charge in [-0.3, -0.25) is 9.59 Å². The van der Waals surface area contributed by atoms with Crippen molar-refractivity contribution in [2.75, 3.05) is 14.2 Å². The number of nitrogens with zero attached hydrogens (tertiary/aromatic N) is 2. The molecule has 0 saturated carbocycles. The van der Waals surface area contributed by atoms with E-state index in [1.54, 1.807) is 14.2 Å². The van der Waals surface area contributed by atoms with E-state index >= 15 is 0 Å². The first-order valence-electron chi connectivity index (χ1n) is 19.0. The normalized spacial score (nSPS) is 23.6. The third kappa shape index (κ3) is 8.17. The first kappa shape index (κ1) is 43.2. The molecule has 0 aliphatic carbocycles. The van der Waals surface area contributed by atoms with Gasteiger partial charge in [0.15, 0.2) is 5.92 Å². The average molecular weight is 717 g/mol. The molecular weight excluding hydrogens is 644 g/mol. The molecule has 0 spiro atoms. The lowest BCUT2D eigenvalue weighted by Gasteiger charge is -2.62. The van der Waals surface area contributed by atoms with E-state index in [-0.39, 0.29) is 29.9 Å². The van der Waals surface area contributed by atoms with E-state index in [1.165, 1.54) is 0 Å². The minimum absolute atomic E-state index is 0.000525. The molecule has 2 aliphatic heterocycles. The number of hydroxylamine groups is 4. The summed E-state index contributed by atoms with van der Waals surface area (Å²) >= 11 is 0. The van der Waals surface area contributed by atoms with E-state index in [0.717, 1.165) is 29.5 Å². The Morgan fingerprint density at radius 1 is 0.745 bits per heavy atom. The van der Waals surface area contributed by atoms with Crippen molar-refractivity contribution in [3.63, 3.8) is 0 Å². The quantitative estimate of drug-likeness (QED) is 0.193. The van der Waals surface area contributed by atoms with Crippen molar-refractivity contribution in [3.05, 3.63) is 28.8 Å². The Kier molecular flexibility index (Phi) is 12.0. The van der Waals surface area contributed by atoms with Gasteiger partial charge in [0.2, 0.25) is 0 Å². The van der Waals surface area contributed by atoms with Gasteiger partial charge < -0.3 is 25.0 Å². The van der Waals surface area contributed by atoms with Crippen LogP contribution in [0.5, 0.6) is 5.75 Å². The molecule has 9 nitrogen and oxygen atoms in total. The van der Waals surface area contributed by atoms with Crippen LogP contribution in [0.1, 0.15) is 153 Å². The van der Waals surface area contributed by atoms with Crippen molar-refractivity contribution in [1.82, 2.24) is 10.1 Å². The van der Waals surface area contributed by atoms with Crippen LogP contribution in [0, 0.1) is 29.1 Å². The summed E-state index contributed by atoms with van der Waals surface area (Å²) in [4.78, 5) is 39.5. The molecule has 292 valence electrons. The lowest BCUT2D eigenvalue weighted by Crippen LogP contribution is -2.66. The maximum atomic E-state index is 13.7. The zero-order valence-corrected chi connectivity index (χ0v) is 35.1. The monoisotopic (exact) mass is 717 g/mol. The van der Waals surface area contributed by atoms with Crippen molar-refractivity contribution in [3.8, 4) is 5.75 Å². The number of aliphatic carboxylic acids is 2.